The Labute approximate surface area is 150 Å². The zero-order valence-corrected chi connectivity index (χ0v) is 14.1. The number of rotatable bonds is 4. The molecule has 0 saturated carbocycles. The van der Waals surface area contributed by atoms with Gasteiger partial charge in [0.1, 0.15) is 6.07 Å². The molecule has 0 fully saturated rings. The van der Waals surface area contributed by atoms with Crippen LogP contribution in [0.2, 0.25) is 0 Å². The van der Waals surface area contributed by atoms with E-state index in [1.54, 1.807) is 24.3 Å². The molecule has 0 bridgehead atoms. The molecule has 1 amide bonds. The topological polar surface area (TPSA) is 83.4 Å². The van der Waals surface area contributed by atoms with Crippen LogP contribution in [0.3, 0.4) is 0 Å². The summed E-state index contributed by atoms with van der Waals surface area (Å²) in [6.07, 6.45) is 0.679. The van der Waals surface area contributed by atoms with E-state index in [0.29, 0.717) is 24.2 Å². The summed E-state index contributed by atoms with van der Waals surface area (Å²) >= 11 is 5.10. The Morgan fingerprint density at radius 2 is 2.00 bits per heavy atom. The first-order valence-electron chi connectivity index (χ1n) is 7.64. The summed E-state index contributed by atoms with van der Waals surface area (Å²) in [5.41, 5.74) is 1.88. The quantitative estimate of drug-likeness (QED) is 0.821. The molecule has 0 radical (unpaired) electrons. The van der Waals surface area contributed by atoms with Gasteiger partial charge in [0.2, 0.25) is 6.79 Å². The molecule has 0 aliphatic carbocycles. The number of ether oxygens (including phenoxy) is 2. The predicted molar refractivity (Wildman–Crippen MR) is 96.7 cm³/mol. The summed E-state index contributed by atoms with van der Waals surface area (Å²) in [5.74, 6) is 1.03. The number of thiocarbonyl (C=S) groups is 1. The lowest BCUT2D eigenvalue weighted by atomic mass is 10.1. The van der Waals surface area contributed by atoms with Crippen LogP contribution in [0, 0.1) is 11.3 Å². The van der Waals surface area contributed by atoms with Gasteiger partial charge in [-0.1, -0.05) is 30.4 Å². The van der Waals surface area contributed by atoms with Crippen LogP contribution < -0.4 is 20.1 Å². The Morgan fingerprint density at radius 1 is 1.20 bits per heavy atom. The van der Waals surface area contributed by atoms with E-state index >= 15 is 0 Å². The number of nitrogens with one attached hydrogen (secondary N) is 2. The van der Waals surface area contributed by atoms with Gasteiger partial charge in [0, 0.05) is 6.54 Å². The summed E-state index contributed by atoms with van der Waals surface area (Å²) in [6, 6.07) is 14.5. The van der Waals surface area contributed by atoms with E-state index in [1.807, 2.05) is 24.3 Å². The summed E-state index contributed by atoms with van der Waals surface area (Å²) in [4.78, 5) is 12.2. The SMILES string of the molecule is N#Cc1ccccc1NC(=O)C(=S)NCCc1ccc2c(c1)OCO2. The highest BCUT2D eigenvalue weighted by atomic mass is 32.1. The average molecular weight is 353 g/mol. The highest BCUT2D eigenvalue weighted by Crippen LogP contribution is 2.32. The van der Waals surface area contributed by atoms with Gasteiger partial charge >= 0.3 is 0 Å². The summed E-state index contributed by atoms with van der Waals surface area (Å²) in [5, 5.41) is 14.6. The van der Waals surface area contributed by atoms with E-state index in [4.69, 9.17) is 27.0 Å². The number of carbonyl (C=O) groups is 1. The third kappa shape index (κ3) is 4.05. The molecule has 126 valence electrons. The molecule has 1 aliphatic rings. The minimum atomic E-state index is -0.441. The fourth-order valence-corrected chi connectivity index (χ4v) is 2.52. The van der Waals surface area contributed by atoms with Crippen molar-refractivity contribution < 1.29 is 14.3 Å². The molecule has 3 rings (SSSR count). The molecule has 6 nitrogen and oxygen atoms in total. The number of carbonyl (C=O) groups excluding carboxylic acids is 1. The first-order chi connectivity index (χ1) is 12.2. The molecule has 0 spiro atoms. The third-order valence-electron chi connectivity index (χ3n) is 3.64. The van der Waals surface area contributed by atoms with Crippen molar-refractivity contribution in [1.29, 1.82) is 5.26 Å². The van der Waals surface area contributed by atoms with Crippen molar-refractivity contribution in [3.05, 3.63) is 53.6 Å². The molecule has 2 aromatic carbocycles. The molecule has 7 heteroatoms. The smallest absolute Gasteiger partial charge is 0.283 e. The monoisotopic (exact) mass is 353 g/mol. The van der Waals surface area contributed by atoms with Crippen LogP contribution >= 0.6 is 12.2 Å². The van der Waals surface area contributed by atoms with E-state index in [1.165, 1.54) is 0 Å². The van der Waals surface area contributed by atoms with Gasteiger partial charge in [0.25, 0.3) is 5.91 Å². The first kappa shape index (κ1) is 16.7. The fraction of sp³-hybridized carbons (Fsp3) is 0.167. The Bertz CT molecular complexity index is 861. The number of hydrogen-bond donors (Lipinski definition) is 2. The number of nitriles is 1. The Balaban J connectivity index is 1.50. The number of benzene rings is 2. The number of para-hydroxylation sites is 1. The van der Waals surface area contributed by atoms with E-state index in [9.17, 15) is 4.79 Å². The van der Waals surface area contributed by atoms with Crippen LogP contribution in [0.4, 0.5) is 5.69 Å². The molecular formula is C18H15N3O3S. The van der Waals surface area contributed by atoms with Crippen molar-refractivity contribution in [1.82, 2.24) is 5.32 Å². The zero-order chi connectivity index (χ0) is 17.6. The second-order valence-corrected chi connectivity index (χ2v) is 5.71. The molecule has 25 heavy (non-hydrogen) atoms. The van der Waals surface area contributed by atoms with E-state index < -0.39 is 5.91 Å². The lowest BCUT2D eigenvalue weighted by Crippen LogP contribution is -2.35. The highest BCUT2D eigenvalue weighted by Gasteiger charge is 2.14. The Hall–Kier alpha value is -3.11. The molecule has 2 aromatic rings. The standard InChI is InChI=1S/C18H15N3O3S/c19-10-13-3-1-2-4-14(13)21-17(22)18(25)20-8-7-12-5-6-15-16(9-12)24-11-23-15/h1-6,9H,7-8,11H2,(H,20,25)(H,21,22). The molecule has 2 N–H and O–H groups in total. The molecule has 0 unspecified atom stereocenters. The van der Waals surface area contributed by atoms with Gasteiger partial charge in [-0.3, -0.25) is 4.79 Å². The summed E-state index contributed by atoms with van der Waals surface area (Å²) < 4.78 is 10.6. The molecular weight excluding hydrogens is 338 g/mol. The van der Waals surface area contributed by atoms with Crippen LogP contribution in [-0.2, 0) is 11.2 Å². The Kier molecular flexibility index (Phi) is 5.11. The first-order valence-corrected chi connectivity index (χ1v) is 8.05. The highest BCUT2D eigenvalue weighted by molar-refractivity contribution is 7.82. The zero-order valence-electron chi connectivity index (χ0n) is 13.2. The van der Waals surface area contributed by atoms with Crippen LogP contribution in [-0.4, -0.2) is 24.2 Å². The third-order valence-corrected chi connectivity index (χ3v) is 3.97. The number of nitrogens with zero attached hydrogens (tertiary/aromatic N) is 1. The van der Waals surface area contributed by atoms with Crippen LogP contribution in [0.5, 0.6) is 11.5 Å². The maximum atomic E-state index is 12.1. The van der Waals surface area contributed by atoms with Crippen LogP contribution in [0.1, 0.15) is 11.1 Å². The minimum absolute atomic E-state index is 0.0773. The van der Waals surface area contributed by atoms with Crippen molar-refractivity contribution >= 4 is 28.8 Å². The van der Waals surface area contributed by atoms with Crippen LogP contribution in [0.25, 0.3) is 0 Å². The second-order valence-electron chi connectivity index (χ2n) is 5.31. The fourth-order valence-electron chi connectivity index (χ4n) is 2.37. The van der Waals surface area contributed by atoms with E-state index in [-0.39, 0.29) is 11.8 Å². The van der Waals surface area contributed by atoms with Crippen molar-refractivity contribution in [2.24, 2.45) is 0 Å². The number of anilines is 1. The summed E-state index contributed by atoms with van der Waals surface area (Å²) in [7, 11) is 0. The normalized spacial score (nSPS) is 11.5. The minimum Gasteiger partial charge on any atom is -0.454 e. The van der Waals surface area contributed by atoms with Gasteiger partial charge in [-0.25, -0.2) is 0 Å². The molecule has 0 atom stereocenters. The van der Waals surface area contributed by atoms with Crippen molar-refractivity contribution in [3.8, 4) is 17.6 Å². The van der Waals surface area contributed by atoms with Gasteiger partial charge in [0.15, 0.2) is 16.5 Å². The lowest BCUT2D eigenvalue weighted by Gasteiger charge is -2.10. The maximum absolute atomic E-state index is 12.1. The lowest BCUT2D eigenvalue weighted by molar-refractivity contribution is -0.110. The molecule has 1 aliphatic heterocycles. The van der Waals surface area contributed by atoms with Gasteiger partial charge in [-0.2, -0.15) is 5.26 Å². The predicted octanol–water partition coefficient (Wildman–Crippen LogP) is 2.39. The van der Waals surface area contributed by atoms with Gasteiger partial charge in [-0.15, -0.1) is 0 Å². The van der Waals surface area contributed by atoms with E-state index in [0.717, 1.165) is 17.1 Å². The molecule has 0 aromatic heterocycles. The Morgan fingerprint density at radius 3 is 2.84 bits per heavy atom. The summed E-state index contributed by atoms with van der Waals surface area (Å²) in [6.45, 7) is 0.747. The second kappa shape index (κ2) is 7.64. The number of amides is 1. The van der Waals surface area contributed by atoms with Crippen molar-refractivity contribution in [2.75, 3.05) is 18.7 Å². The largest absolute Gasteiger partial charge is 0.454 e. The average Bonchev–Trinajstić information content (AvgIpc) is 3.09. The van der Waals surface area contributed by atoms with E-state index in [2.05, 4.69) is 10.6 Å². The molecule has 1 heterocycles. The number of fused-ring (bicyclic) bond motifs is 1. The van der Waals surface area contributed by atoms with Gasteiger partial charge < -0.3 is 20.1 Å². The van der Waals surface area contributed by atoms with Crippen molar-refractivity contribution in [3.63, 3.8) is 0 Å². The van der Waals surface area contributed by atoms with Crippen LogP contribution in [0.15, 0.2) is 42.5 Å². The molecule has 0 saturated heterocycles. The van der Waals surface area contributed by atoms with Gasteiger partial charge in [-0.05, 0) is 36.2 Å². The van der Waals surface area contributed by atoms with Crippen molar-refractivity contribution in [2.45, 2.75) is 6.42 Å². The maximum Gasteiger partial charge on any atom is 0.283 e. The number of hydrogen-bond acceptors (Lipinski definition) is 5. The van der Waals surface area contributed by atoms with Gasteiger partial charge in [0.05, 0.1) is 11.3 Å².